The highest BCUT2D eigenvalue weighted by Gasteiger charge is 2.25. The summed E-state index contributed by atoms with van der Waals surface area (Å²) in [4.78, 5) is 13.5. The van der Waals surface area contributed by atoms with Gasteiger partial charge in [-0.05, 0) is 45.7 Å². The van der Waals surface area contributed by atoms with Crippen LogP contribution in [0.5, 0.6) is 0 Å². The SMILES string of the molecule is CC(NCC1CCC(=O)N1)C1CCCN(C)C1. The first-order chi connectivity index (χ1) is 8.15. The Balaban J connectivity index is 1.69. The number of likely N-dealkylation sites (tertiary alicyclic amines) is 1. The van der Waals surface area contributed by atoms with Gasteiger partial charge in [0.2, 0.25) is 5.91 Å². The molecular formula is C13H25N3O. The normalized spacial score (nSPS) is 32.5. The third-order valence-electron chi connectivity index (χ3n) is 4.14. The van der Waals surface area contributed by atoms with Crippen LogP contribution in [0.4, 0.5) is 0 Å². The van der Waals surface area contributed by atoms with E-state index in [4.69, 9.17) is 0 Å². The number of carbonyl (C=O) groups excluding carboxylic acids is 1. The van der Waals surface area contributed by atoms with Gasteiger partial charge in [0.1, 0.15) is 0 Å². The van der Waals surface area contributed by atoms with Crippen LogP contribution in [0.3, 0.4) is 0 Å². The second-order valence-corrected chi connectivity index (χ2v) is 5.66. The van der Waals surface area contributed by atoms with Crippen molar-refractivity contribution in [1.29, 1.82) is 0 Å². The maximum absolute atomic E-state index is 11.1. The van der Waals surface area contributed by atoms with E-state index in [0.717, 1.165) is 18.9 Å². The van der Waals surface area contributed by atoms with Crippen LogP contribution in [-0.4, -0.2) is 49.6 Å². The second-order valence-electron chi connectivity index (χ2n) is 5.66. The second kappa shape index (κ2) is 5.83. The molecule has 2 aliphatic heterocycles. The molecule has 2 saturated heterocycles. The summed E-state index contributed by atoms with van der Waals surface area (Å²) in [6.45, 7) is 5.64. The summed E-state index contributed by atoms with van der Waals surface area (Å²) in [5, 5.41) is 6.60. The summed E-state index contributed by atoms with van der Waals surface area (Å²) < 4.78 is 0. The number of nitrogens with zero attached hydrogens (tertiary/aromatic N) is 1. The largest absolute Gasteiger partial charge is 0.352 e. The summed E-state index contributed by atoms with van der Waals surface area (Å²) >= 11 is 0. The third kappa shape index (κ3) is 3.68. The van der Waals surface area contributed by atoms with E-state index in [-0.39, 0.29) is 5.91 Å². The van der Waals surface area contributed by atoms with Crippen molar-refractivity contribution in [2.24, 2.45) is 5.92 Å². The van der Waals surface area contributed by atoms with Crippen LogP contribution in [0.25, 0.3) is 0 Å². The van der Waals surface area contributed by atoms with Crippen molar-refractivity contribution < 1.29 is 4.79 Å². The number of piperidine rings is 1. The Kier molecular flexibility index (Phi) is 4.40. The number of rotatable bonds is 4. The molecule has 4 nitrogen and oxygen atoms in total. The molecule has 17 heavy (non-hydrogen) atoms. The lowest BCUT2D eigenvalue weighted by Crippen LogP contribution is -2.46. The molecular weight excluding hydrogens is 214 g/mol. The van der Waals surface area contributed by atoms with Gasteiger partial charge in [0.25, 0.3) is 0 Å². The molecule has 1 amide bonds. The van der Waals surface area contributed by atoms with Crippen LogP contribution in [0.2, 0.25) is 0 Å². The smallest absolute Gasteiger partial charge is 0.220 e. The predicted molar refractivity (Wildman–Crippen MR) is 68.9 cm³/mol. The predicted octanol–water partition coefficient (Wildman–Crippen LogP) is 0.585. The van der Waals surface area contributed by atoms with Gasteiger partial charge < -0.3 is 15.5 Å². The van der Waals surface area contributed by atoms with Crippen molar-refractivity contribution in [1.82, 2.24) is 15.5 Å². The number of hydrogen-bond donors (Lipinski definition) is 2. The first-order valence-corrected chi connectivity index (χ1v) is 6.86. The molecule has 2 N–H and O–H groups in total. The Hall–Kier alpha value is -0.610. The van der Waals surface area contributed by atoms with E-state index in [0.29, 0.717) is 18.5 Å². The number of hydrogen-bond acceptors (Lipinski definition) is 3. The number of amides is 1. The van der Waals surface area contributed by atoms with Gasteiger partial charge in [-0.1, -0.05) is 0 Å². The Morgan fingerprint density at radius 3 is 3.00 bits per heavy atom. The quantitative estimate of drug-likeness (QED) is 0.754. The Bertz CT molecular complexity index is 269. The Labute approximate surface area is 104 Å². The van der Waals surface area contributed by atoms with Crippen molar-refractivity contribution in [3.63, 3.8) is 0 Å². The molecule has 2 rings (SSSR count). The van der Waals surface area contributed by atoms with Gasteiger partial charge in [0.15, 0.2) is 0 Å². The lowest BCUT2D eigenvalue weighted by molar-refractivity contribution is -0.119. The van der Waals surface area contributed by atoms with Crippen LogP contribution in [-0.2, 0) is 4.79 Å². The van der Waals surface area contributed by atoms with Crippen LogP contribution < -0.4 is 10.6 Å². The fourth-order valence-corrected chi connectivity index (χ4v) is 2.94. The highest BCUT2D eigenvalue weighted by Crippen LogP contribution is 2.18. The first-order valence-electron chi connectivity index (χ1n) is 6.86. The average Bonchev–Trinajstić information content (AvgIpc) is 2.72. The monoisotopic (exact) mass is 239 g/mol. The maximum Gasteiger partial charge on any atom is 0.220 e. The van der Waals surface area contributed by atoms with E-state index in [1.54, 1.807) is 0 Å². The van der Waals surface area contributed by atoms with Gasteiger partial charge in [0, 0.05) is 31.6 Å². The average molecular weight is 239 g/mol. The third-order valence-corrected chi connectivity index (χ3v) is 4.14. The lowest BCUT2D eigenvalue weighted by Gasteiger charge is -2.34. The Morgan fingerprint density at radius 1 is 1.53 bits per heavy atom. The molecule has 0 aromatic heterocycles. The minimum atomic E-state index is 0.210. The number of nitrogens with one attached hydrogen (secondary N) is 2. The van der Waals surface area contributed by atoms with Gasteiger partial charge in [-0.3, -0.25) is 4.79 Å². The summed E-state index contributed by atoms with van der Waals surface area (Å²) in [5.74, 6) is 0.965. The van der Waals surface area contributed by atoms with E-state index in [2.05, 4.69) is 29.5 Å². The van der Waals surface area contributed by atoms with Crippen molar-refractivity contribution in [2.75, 3.05) is 26.7 Å². The summed E-state index contributed by atoms with van der Waals surface area (Å²) in [5.41, 5.74) is 0. The van der Waals surface area contributed by atoms with Gasteiger partial charge in [-0.2, -0.15) is 0 Å². The van der Waals surface area contributed by atoms with Crippen molar-refractivity contribution in [3.05, 3.63) is 0 Å². The molecule has 0 bridgehead atoms. The molecule has 2 fully saturated rings. The lowest BCUT2D eigenvalue weighted by atomic mass is 9.92. The zero-order valence-electron chi connectivity index (χ0n) is 11.0. The van der Waals surface area contributed by atoms with Gasteiger partial charge in [-0.25, -0.2) is 0 Å². The van der Waals surface area contributed by atoms with Gasteiger partial charge >= 0.3 is 0 Å². The topological polar surface area (TPSA) is 44.4 Å². The fraction of sp³-hybridized carbons (Fsp3) is 0.923. The van der Waals surface area contributed by atoms with Gasteiger partial charge in [-0.15, -0.1) is 0 Å². The first kappa shape index (κ1) is 12.8. The Morgan fingerprint density at radius 2 is 2.35 bits per heavy atom. The molecule has 98 valence electrons. The molecule has 3 unspecified atom stereocenters. The maximum atomic E-state index is 11.1. The summed E-state index contributed by atoms with van der Waals surface area (Å²) in [7, 11) is 2.20. The molecule has 0 aromatic carbocycles. The summed E-state index contributed by atoms with van der Waals surface area (Å²) in [6.07, 6.45) is 4.33. The molecule has 2 heterocycles. The molecule has 0 aromatic rings. The highest BCUT2D eigenvalue weighted by molar-refractivity contribution is 5.78. The molecule has 0 saturated carbocycles. The zero-order valence-corrected chi connectivity index (χ0v) is 11.0. The van der Waals surface area contributed by atoms with E-state index in [1.807, 2.05) is 0 Å². The van der Waals surface area contributed by atoms with Crippen LogP contribution >= 0.6 is 0 Å². The van der Waals surface area contributed by atoms with Gasteiger partial charge in [0.05, 0.1) is 0 Å². The standard InChI is InChI=1S/C13H25N3O/c1-10(11-4-3-7-16(2)9-11)14-8-12-5-6-13(17)15-12/h10-12,14H,3-9H2,1-2H3,(H,15,17). The molecule has 4 heteroatoms. The van der Waals surface area contributed by atoms with Crippen LogP contribution in [0, 0.1) is 5.92 Å². The molecule has 3 atom stereocenters. The van der Waals surface area contributed by atoms with E-state index < -0.39 is 0 Å². The zero-order chi connectivity index (χ0) is 12.3. The van der Waals surface area contributed by atoms with Crippen molar-refractivity contribution in [2.45, 2.75) is 44.7 Å². The minimum absolute atomic E-state index is 0.210. The molecule has 2 aliphatic rings. The van der Waals surface area contributed by atoms with Crippen molar-refractivity contribution >= 4 is 5.91 Å². The summed E-state index contributed by atoms with van der Waals surface area (Å²) in [6, 6.07) is 0.904. The van der Waals surface area contributed by atoms with Crippen LogP contribution in [0.1, 0.15) is 32.6 Å². The van der Waals surface area contributed by atoms with E-state index >= 15 is 0 Å². The number of carbonyl (C=O) groups is 1. The minimum Gasteiger partial charge on any atom is -0.352 e. The fourth-order valence-electron chi connectivity index (χ4n) is 2.94. The van der Waals surface area contributed by atoms with Crippen LogP contribution in [0.15, 0.2) is 0 Å². The highest BCUT2D eigenvalue weighted by atomic mass is 16.1. The molecule has 0 aliphatic carbocycles. The molecule has 0 radical (unpaired) electrons. The molecule has 0 spiro atoms. The van der Waals surface area contributed by atoms with E-state index in [1.165, 1.54) is 25.9 Å². The van der Waals surface area contributed by atoms with E-state index in [9.17, 15) is 4.79 Å². The van der Waals surface area contributed by atoms with Crippen molar-refractivity contribution in [3.8, 4) is 0 Å².